The summed E-state index contributed by atoms with van der Waals surface area (Å²) in [5.74, 6) is 0.819. The zero-order chi connectivity index (χ0) is 12.1. The minimum atomic E-state index is 0.311. The van der Waals surface area contributed by atoms with Gasteiger partial charge in [-0.25, -0.2) is 9.97 Å². The van der Waals surface area contributed by atoms with Crippen molar-refractivity contribution in [3.8, 4) is 0 Å². The first kappa shape index (κ1) is 12.6. The maximum absolute atomic E-state index is 5.81. The summed E-state index contributed by atoms with van der Waals surface area (Å²) in [6, 6.07) is 1.92. The van der Waals surface area contributed by atoms with Gasteiger partial charge in [0.2, 0.25) is 5.28 Å². The molecule has 5 heteroatoms. The summed E-state index contributed by atoms with van der Waals surface area (Å²) in [5, 5.41) is 3.61. The smallest absolute Gasteiger partial charge is 0.224 e. The van der Waals surface area contributed by atoms with Crippen LogP contribution in [0.25, 0.3) is 0 Å². The molecule has 0 atom stereocenters. The summed E-state index contributed by atoms with van der Waals surface area (Å²) < 4.78 is 0. The van der Waals surface area contributed by atoms with E-state index in [1.807, 2.05) is 13.0 Å². The predicted octanol–water partition coefficient (Wildman–Crippen LogP) is 2.34. The molecule has 2 heterocycles. The molecule has 0 spiro atoms. The van der Waals surface area contributed by atoms with Gasteiger partial charge in [-0.15, -0.1) is 0 Å². The molecule has 1 fully saturated rings. The zero-order valence-electron chi connectivity index (χ0n) is 10.2. The molecule has 0 unspecified atom stereocenters. The predicted molar refractivity (Wildman–Crippen MR) is 70.6 cm³/mol. The molecule has 94 valence electrons. The third-order valence-electron chi connectivity index (χ3n) is 3.01. The van der Waals surface area contributed by atoms with Crippen molar-refractivity contribution in [3.63, 3.8) is 0 Å². The van der Waals surface area contributed by atoms with Crippen molar-refractivity contribution in [2.24, 2.45) is 0 Å². The number of rotatable bonds is 4. The van der Waals surface area contributed by atoms with E-state index in [-0.39, 0.29) is 0 Å². The number of nitrogens with one attached hydrogen (secondary N) is 1. The van der Waals surface area contributed by atoms with Crippen LogP contribution in [0, 0.1) is 6.92 Å². The van der Waals surface area contributed by atoms with Crippen LogP contribution >= 0.6 is 11.6 Å². The number of hydrogen-bond acceptors (Lipinski definition) is 4. The van der Waals surface area contributed by atoms with Gasteiger partial charge in [-0.1, -0.05) is 6.42 Å². The van der Waals surface area contributed by atoms with Crippen LogP contribution in [-0.2, 0) is 0 Å². The van der Waals surface area contributed by atoms with Gasteiger partial charge in [0.25, 0.3) is 0 Å². The minimum absolute atomic E-state index is 0.311. The first-order valence-corrected chi connectivity index (χ1v) is 6.59. The number of piperidine rings is 1. The largest absolute Gasteiger partial charge is 0.369 e. The number of anilines is 1. The normalized spacial score (nSPS) is 17.1. The van der Waals surface area contributed by atoms with Gasteiger partial charge in [0.05, 0.1) is 0 Å². The van der Waals surface area contributed by atoms with E-state index >= 15 is 0 Å². The molecule has 1 aromatic heterocycles. The van der Waals surface area contributed by atoms with Crippen molar-refractivity contribution >= 4 is 17.4 Å². The number of nitrogens with zero attached hydrogens (tertiary/aromatic N) is 3. The monoisotopic (exact) mass is 254 g/mol. The van der Waals surface area contributed by atoms with E-state index in [2.05, 4.69) is 20.2 Å². The van der Waals surface area contributed by atoms with Gasteiger partial charge in [0.15, 0.2) is 0 Å². The van der Waals surface area contributed by atoms with Crippen molar-refractivity contribution < 1.29 is 0 Å². The molecule has 0 saturated carbocycles. The second kappa shape index (κ2) is 6.17. The van der Waals surface area contributed by atoms with Crippen LogP contribution in [0.2, 0.25) is 5.28 Å². The van der Waals surface area contributed by atoms with Gasteiger partial charge in [0.1, 0.15) is 5.82 Å². The molecule has 1 aliphatic rings. The van der Waals surface area contributed by atoms with Crippen LogP contribution in [0.3, 0.4) is 0 Å². The minimum Gasteiger partial charge on any atom is -0.369 e. The van der Waals surface area contributed by atoms with Crippen LogP contribution in [0.1, 0.15) is 25.0 Å². The summed E-state index contributed by atoms with van der Waals surface area (Å²) in [6.07, 6.45) is 4.04. The molecular formula is C12H19ClN4. The molecule has 1 saturated heterocycles. The van der Waals surface area contributed by atoms with Crippen LogP contribution in [0.15, 0.2) is 6.07 Å². The third kappa shape index (κ3) is 4.13. The number of hydrogen-bond donors (Lipinski definition) is 1. The van der Waals surface area contributed by atoms with Gasteiger partial charge in [-0.3, -0.25) is 0 Å². The molecule has 4 nitrogen and oxygen atoms in total. The molecule has 2 rings (SSSR count). The second-order valence-corrected chi connectivity index (χ2v) is 4.83. The van der Waals surface area contributed by atoms with E-state index < -0.39 is 0 Å². The molecule has 0 radical (unpaired) electrons. The van der Waals surface area contributed by atoms with Crippen LogP contribution in [0.4, 0.5) is 5.82 Å². The highest BCUT2D eigenvalue weighted by molar-refractivity contribution is 6.28. The lowest BCUT2D eigenvalue weighted by Gasteiger charge is -2.26. The first-order chi connectivity index (χ1) is 8.24. The fourth-order valence-corrected chi connectivity index (χ4v) is 2.37. The Hall–Kier alpha value is -0.870. The highest BCUT2D eigenvalue weighted by Gasteiger charge is 2.09. The third-order valence-corrected chi connectivity index (χ3v) is 3.18. The van der Waals surface area contributed by atoms with Gasteiger partial charge < -0.3 is 10.2 Å². The maximum Gasteiger partial charge on any atom is 0.224 e. The average molecular weight is 255 g/mol. The van der Waals surface area contributed by atoms with Crippen molar-refractivity contribution in [1.29, 1.82) is 0 Å². The molecule has 0 aromatic carbocycles. The van der Waals surface area contributed by atoms with E-state index in [4.69, 9.17) is 11.6 Å². The Labute approximate surface area is 107 Å². The first-order valence-electron chi connectivity index (χ1n) is 6.21. The molecule has 17 heavy (non-hydrogen) atoms. The second-order valence-electron chi connectivity index (χ2n) is 4.49. The molecule has 0 aliphatic carbocycles. The Morgan fingerprint density at radius 2 is 2.06 bits per heavy atom. The lowest BCUT2D eigenvalue weighted by Crippen LogP contribution is -2.33. The molecule has 1 aliphatic heterocycles. The molecule has 0 amide bonds. The summed E-state index contributed by atoms with van der Waals surface area (Å²) in [4.78, 5) is 10.7. The Morgan fingerprint density at radius 3 is 2.76 bits per heavy atom. The average Bonchev–Trinajstić information content (AvgIpc) is 2.29. The Kier molecular flexibility index (Phi) is 4.57. The number of likely N-dealkylation sites (tertiary alicyclic amines) is 1. The highest BCUT2D eigenvalue weighted by Crippen LogP contribution is 2.10. The van der Waals surface area contributed by atoms with Gasteiger partial charge in [-0.05, 0) is 44.5 Å². The standard InChI is InChI=1S/C12H19ClN4/c1-10-9-11(16-12(13)15-10)14-5-8-17-6-3-2-4-7-17/h9H,2-8H2,1H3,(H,14,15,16). The Balaban J connectivity index is 1.77. The van der Waals surface area contributed by atoms with Crippen molar-refractivity contribution in [2.75, 3.05) is 31.5 Å². The van der Waals surface area contributed by atoms with Crippen LogP contribution < -0.4 is 5.32 Å². The molecular weight excluding hydrogens is 236 g/mol. The fourth-order valence-electron chi connectivity index (χ4n) is 2.15. The fraction of sp³-hybridized carbons (Fsp3) is 0.667. The van der Waals surface area contributed by atoms with Crippen LogP contribution in [0.5, 0.6) is 0 Å². The number of halogens is 1. The van der Waals surface area contributed by atoms with Crippen molar-refractivity contribution in [2.45, 2.75) is 26.2 Å². The molecule has 1 aromatic rings. The van der Waals surface area contributed by atoms with Gasteiger partial charge in [0, 0.05) is 24.8 Å². The van der Waals surface area contributed by atoms with Crippen molar-refractivity contribution in [1.82, 2.24) is 14.9 Å². The van der Waals surface area contributed by atoms with E-state index in [0.29, 0.717) is 5.28 Å². The van der Waals surface area contributed by atoms with E-state index in [0.717, 1.165) is 24.6 Å². The van der Waals surface area contributed by atoms with E-state index in [1.54, 1.807) is 0 Å². The van der Waals surface area contributed by atoms with E-state index in [9.17, 15) is 0 Å². The zero-order valence-corrected chi connectivity index (χ0v) is 11.0. The van der Waals surface area contributed by atoms with Gasteiger partial charge in [-0.2, -0.15) is 0 Å². The quantitative estimate of drug-likeness (QED) is 0.838. The highest BCUT2D eigenvalue weighted by atomic mass is 35.5. The summed E-state index contributed by atoms with van der Waals surface area (Å²) >= 11 is 5.81. The van der Waals surface area contributed by atoms with Crippen LogP contribution in [-0.4, -0.2) is 41.0 Å². The maximum atomic E-state index is 5.81. The Bertz CT molecular complexity index is 343. The Morgan fingerprint density at radius 1 is 1.29 bits per heavy atom. The van der Waals surface area contributed by atoms with Crippen molar-refractivity contribution in [3.05, 3.63) is 17.0 Å². The number of aromatic nitrogens is 2. The summed E-state index contributed by atoms with van der Waals surface area (Å²) in [6.45, 7) is 6.35. The number of aryl methyl sites for hydroxylation is 1. The summed E-state index contributed by atoms with van der Waals surface area (Å²) in [7, 11) is 0. The summed E-state index contributed by atoms with van der Waals surface area (Å²) in [5.41, 5.74) is 0.894. The molecule has 1 N–H and O–H groups in total. The lowest BCUT2D eigenvalue weighted by atomic mass is 10.1. The SMILES string of the molecule is Cc1cc(NCCN2CCCCC2)nc(Cl)n1. The topological polar surface area (TPSA) is 41.0 Å². The lowest BCUT2D eigenvalue weighted by molar-refractivity contribution is 0.237. The van der Waals surface area contributed by atoms with E-state index in [1.165, 1.54) is 32.4 Å². The molecule has 0 bridgehead atoms. The van der Waals surface area contributed by atoms with Gasteiger partial charge >= 0.3 is 0 Å².